The van der Waals surface area contributed by atoms with E-state index in [9.17, 15) is 9.59 Å². The number of likely N-dealkylation sites (N-methyl/N-ethyl adjacent to an activating group) is 1. The molecule has 0 saturated carbocycles. The molecule has 1 unspecified atom stereocenters. The van der Waals surface area contributed by atoms with E-state index >= 15 is 0 Å². The minimum Gasteiger partial charge on any atom is -0.478 e. The molecule has 10 nitrogen and oxygen atoms in total. The van der Waals surface area contributed by atoms with Gasteiger partial charge in [-0.05, 0) is 51.0 Å². The third-order valence-electron chi connectivity index (χ3n) is 6.73. The van der Waals surface area contributed by atoms with Gasteiger partial charge in [-0.15, -0.1) is 0 Å². The van der Waals surface area contributed by atoms with Gasteiger partial charge in [-0.1, -0.05) is 31.9 Å². The minimum atomic E-state index is -0.318. The Bertz CT molecular complexity index is 1380. The first-order valence-electron chi connectivity index (χ1n) is 13.5. The number of halogens is 1. The Morgan fingerprint density at radius 3 is 2.69 bits per heavy atom. The van der Waals surface area contributed by atoms with Crippen LogP contribution in [0.4, 0.5) is 17.5 Å². The van der Waals surface area contributed by atoms with Crippen molar-refractivity contribution in [2.45, 2.75) is 65.2 Å². The van der Waals surface area contributed by atoms with Gasteiger partial charge in [-0.25, -0.2) is 4.98 Å². The molecule has 210 valence electrons. The van der Waals surface area contributed by atoms with Gasteiger partial charge in [-0.2, -0.15) is 4.98 Å². The molecule has 1 aliphatic rings. The highest BCUT2D eigenvalue weighted by Crippen LogP contribution is 2.30. The van der Waals surface area contributed by atoms with Crippen LogP contribution in [-0.2, 0) is 9.53 Å². The van der Waals surface area contributed by atoms with Gasteiger partial charge in [0.05, 0.1) is 23.9 Å². The van der Waals surface area contributed by atoms with Gasteiger partial charge in [0.15, 0.2) is 18.2 Å². The molecule has 11 heteroatoms. The number of morpholine rings is 1. The van der Waals surface area contributed by atoms with E-state index < -0.39 is 0 Å². The largest absolute Gasteiger partial charge is 0.478 e. The SMILES string of the molecule is CCCC1CN(c2ncc(Cl)c(Nc3ccc4c(c3)cc(OCC(=O)NC)c(=O)n4C(C)C)n2)C[C@H](CC)O1. The lowest BCUT2D eigenvalue weighted by Gasteiger charge is -2.38. The summed E-state index contributed by atoms with van der Waals surface area (Å²) in [6, 6.07) is 7.20. The lowest BCUT2D eigenvalue weighted by molar-refractivity contribution is -0.122. The lowest BCUT2D eigenvalue weighted by Crippen LogP contribution is -2.48. The van der Waals surface area contributed by atoms with Crippen molar-refractivity contribution in [3.63, 3.8) is 0 Å². The number of benzene rings is 1. The van der Waals surface area contributed by atoms with Crippen LogP contribution in [0.25, 0.3) is 10.9 Å². The van der Waals surface area contributed by atoms with Crippen LogP contribution >= 0.6 is 11.6 Å². The smallest absolute Gasteiger partial charge is 0.293 e. The van der Waals surface area contributed by atoms with Gasteiger partial charge < -0.3 is 29.6 Å². The third-order valence-corrected chi connectivity index (χ3v) is 7.01. The summed E-state index contributed by atoms with van der Waals surface area (Å²) >= 11 is 6.50. The molecule has 0 aliphatic carbocycles. The molecule has 0 radical (unpaired) electrons. The summed E-state index contributed by atoms with van der Waals surface area (Å²) in [7, 11) is 1.52. The van der Waals surface area contributed by atoms with Crippen molar-refractivity contribution in [1.29, 1.82) is 0 Å². The predicted molar refractivity (Wildman–Crippen MR) is 155 cm³/mol. The van der Waals surface area contributed by atoms with Crippen molar-refractivity contribution in [1.82, 2.24) is 19.9 Å². The summed E-state index contributed by atoms with van der Waals surface area (Å²) in [5.41, 5.74) is 1.20. The van der Waals surface area contributed by atoms with Crippen LogP contribution in [0, 0.1) is 0 Å². The van der Waals surface area contributed by atoms with E-state index in [2.05, 4.69) is 34.4 Å². The number of fused-ring (bicyclic) bond motifs is 1. The zero-order valence-corrected chi connectivity index (χ0v) is 23.9. The molecule has 4 rings (SSSR count). The molecule has 39 heavy (non-hydrogen) atoms. The van der Waals surface area contributed by atoms with Gasteiger partial charge in [0.2, 0.25) is 5.95 Å². The second-order valence-electron chi connectivity index (χ2n) is 9.99. The molecule has 1 aliphatic heterocycles. The van der Waals surface area contributed by atoms with Crippen LogP contribution in [0.3, 0.4) is 0 Å². The Morgan fingerprint density at radius 2 is 2.00 bits per heavy atom. The van der Waals surface area contributed by atoms with Gasteiger partial charge in [0.25, 0.3) is 11.5 Å². The van der Waals surface area contributed by atoms with Crippen molar-refractivity contribution in [2.75, 3.05) is 37.0 Å². The molecule has 3 aromatic rings. The molecule has 1 saturated heterocycles. The fourth-order valence-electron chi connectivity index (χ4n) is 4.76. The van der Waals surface area contributed by atoms with E-state index in [-0.39, 0.29) is 42.1 Å². The maximum Gasteiger partial charge on any atom is 0.293 e. The second kappa shape index (κ2) is 12.7. The van der Waals surface area contributed by atoms with Crippen LogP contribution < -0.4 is 25.8 Å². The Kier molecular flexibility index (Phi) is 9.29. The summed E-state index contributed by atoms with van der Waals surface area (Å²) in [5, 5.41) is 6.97. The third kappa shape index (κ3) is 6.62. The Hall–Kier alpha value is -3.37. The maximum atomic E-state index is 13.1. The molecule has 3 heterocycles. The number of nitrogens with one attached hydrogen (secondary N) is 2. The molecule has 1 aromatic carbocycles. The van der Waals surface area contributed by atoms with Crippen molar-refractivity contribution < 1.29 is 14.3 Å². The number of hydrogen-bond donors (Lipinski definition) is 2. The zero-order valence-electron chi connectivity index (χ0n) is 23.2. The predicted octanol–water partition coefficient (Wildman–Crippen LogP) is 4.68. The first kappa shape index (κ1) is 28.6. The summed E-state index contributed by atoms with van der Waals surface area (Å²) in [6.07, 6.45) is 4.84. The first-order valence-corrected chi connectivity index (χ1v) is 13.8. The van der Waals surface area contributed by atoms with Crippen molar-refractivity contribution >= 4 is 45.9 Å². The van der Waals surface area contributed by atoms with Crippen LogP contribution in [0.2, 0.25) is 5.02 Å². The first-order chi connectivity index (χ1) is 18.7. The molecule has 2 N–H and O–H groups in total. The van der Waals surface area contributed by atoms with Crippen LogP contribution in [0.15, 0.2) is 35.3 Å². The van der Waals surface area contributed by atoms with E-state index in [0.717, 1.165) is 48.9 Å². The molecule has 0 spiro atoms. The molecular weight excluding hydrogens is 520 g/mol. The van der Waals surface area contributed by atoms with Crippen molar-refractivity contribution in [2.24, 2.45) is 0 Å². The molecule has 0 bridgehead atoms. The molecule has 1 fully saturated rings. The van der Waals surface area contributed by atoms with E-state index in [1.807, 2.05) is 32.0 Å². The van der Waals surface area contributed by atoms with Gasteiger partial charge >= 0.3 is 0 Å². The number of nitrogens with zero attached hydrogens (tertiary/aromatic N) is 4. The number of pyridine rings is 1. The standard InChI is InChI=1S/C28H37ClN6O4/c1-6-8-21-15-34(14-20(7-2)39-21)28-31-13-22(29)26(33-28)32-19-9-10-23-18(11-19)12-24(38-16-25(36)30-5)27(37)35(23)17(3)4/h9-13,17,20-21H,6-8,14-16H2,1-5H3,(H,30,36)(H,31,32,33)/t20-,21?/m0/s1. The normalized spacial score (nSPS) is 17.5. The molecule has 2 atom stereocenters. The summed E-state index contributed by atoms with van der Waals surface area (Å²) in [4.78, 5) is 36.2. The number of carbonyl (C=O) groups is 1. The van der Waals surface area contributed by atoms with Gasteiger partial charge in [0, 0.05) is 37.3 Å². The fourth-order valence-corrected chi connectivity index (χ4v) is 4.90. The van der Waals surface area contributed by atoms with E-state index in [4.69, 9.17) is 26.1 Å². The van der Waals surface area contributed by atoms with Crippen LogP contribution in [0.1, 0.15) is 53.0 Å². The van der Waals surface area contributed by atoms with Gasteiger partial charge in [-0.3, -0.25) is 9.59 Å². The van der Waals surface area contributed by atoms with E-state index in [1.165, 1.54) is 7.05 Å². The summed E-state index contributed by atoms with van der Waals surface area (Å²) in [6.45, 7) is 9.35. The number of aromatic nitrogens is 3. The number of carbonyl (C=O) groups excluding carboxylic acids is 1. The van der Waals surface area contributed by atoms with Crippen LogP contribution in [-0.4, -0.2) is 59.4 Å². The maximum absolute atomic E-state index is 13.1. The summed E-state index contributed by atoms with van der Waals surface area (Å²) in [5.74, 6) is 0.880. The fraction of sp³-hybridized carbons (Fsp3) is 0.500. The number of ether oxygens (including phenoxy) is 2. The Balaban J connectivity index is 1.65. The van der Waals surface area contributed by atoms with E-state index in [1.54, 1.807) is 16.8 Å². The molecular formula is C28H37ClN6O4. The molecule has 2 aromatic heterocycles. The Morgan fingerprint density at radius 1 is 1.23 bits per heavy atom. The number of rotatable bonds is 10. The van der Waals surface area contributed by atoms with E-state index in [0.29, 0.717) is 16.8 Å². The zero-order chi connectivity index (χ0) is 28.1. The average molecular weight is 557 g/mol. The minimum absolute atomic E-state index is 0.110. The number of hydrogen-bond acceptors (Lipinski definition) is 8. The highest BCUT2D eigenvalue weighted by Gasteiger charge is 2.28. The van der Waals surface area contributed by atoms with Crippen molar-refractivity contribution in [3.05, 3.63) is 45.8 Å². The second-order valence-corrected chi connectivity index (χ2v) is 10.4. The van der Waals surface area contributed by atoms with Crippen LogP contribution in [0.5, 0.6) is 5.75 Å². The quantitative estimate of drug-likeness (QED) is 0.370. The highest BCUT2D eigenvalue weighted by atomic mass is 35.5. The summed E-state index contributed by atoms with van der Waals surface area (Å²) < 4.78 is 13.4. The Labute approximate surface area is 233 Å². The monoisotopic (exact) mass is 556 g/mol. The van der Waals surface area contributed by atoms with Crippen molar-refractivity contribution in [3.8, 4) is 5.75 Å². The average Bonchev–Trinajstić information content (AvgIpc) is 2.92. The molecule has 1 amide bonds. The van der Waals surface area contributed by atoms with Gasteiger partial charge in [0.1, 0.15) is 5.02 Å². The number of anilines is 3. The highest BCUT2D eigenvalue weighted by molar-refractivity contribution is 6.32. The lowest BCUT2D eigenvalue weighted by atomic mass is 10.1. The topological polar surface area (TPSA) is 111 Å². The number of amides is 1.